The molecule has 134 valence electrons. The molecule has 0 aliphatic heterocycles. The van der Waals surface area contributed by atoms with Gasteiger partial charge in [-0.05, 0) is 51.3 Å². The first-order valence-corrected chi connectivity index (χ1v) is 8.13. The fourth-order valence-corrected chi connectivity index (χ4v) is 3.06. The molecule has 0 radical (unpaired) electrons. The third kappa shape index (κ3) is 3.41. The van der Waals surface area contributed by atoms with Crippen LogP contribution in [0.5, 0.6) is 0 Å². The maximum absolute atomic E-state index is 13.0. The first-order chi connectivity index (χ1) is 11.7. The third-order valence-electron chi connectivity index (χ3n) is 4.54. The number of halogens is 3. The summed E-state index contributed by atoms with van der Waals surface area (Å²) in [4.78, 5) is 14.7. The molecule has 0 unspecified atom stereocenters. The van der Waals surface area contributed by atoms with Gasteiger partial charge in [-0.3, -0.25) is 4.79 Å². The fraction of sp³-hybridized carbons (Fsp3) is 0.444. The van der Waals surface area contributed by atoms with Gasteiger partial charge in [-0.1, -0.05) is 17.3 Å². The van der Waals surface area contributed by atoms with Crippen LogP contribution in [0.4, 0.5) is 13.2 Å². The molecule has 25 heavy (non-hydrogen) atoms. The summed E-state index contributed by atoms with van der Waals surface area (Å²) in [5, 5.41) is 3.81. The zero-order valence-corrected chi connectivity index (χ0v) is 14.2. The Bertz CT molecular complexity index is 774. The van der Waals surface area contributed by atoms with Crippen molar-refractivity contribution in [2.45, 2.75) is 51.9 Å². The van der Waals surface area contributed by atoms with Gasteiger partial charge in [0.15, 0.2) is 0 Å². The number of alkyl halides is 3. The number of nitrogens with zero attached hydrogens (tertiary/aromatic N) is 2. The molecule has 2 aromatic rings. The summed E-state index contributed by atoms with van der Waals surface area (Å²) in [6.45, 7) is 5.10. The Morgan fingerprint density at radius 2 is 2.00 bits per heavy atom. The molecule has 0 spiro atoms. The first-order valence-electron chi connectivity index (χ1n) is 8.13. The molecule has 7 heteroatoms. The predicted octanol–water partition coefficient (Wildman–Crippen LogP) is 4.68. The zero-order valence-electron chi connectivity index (χ0n) is 14.2. The third-order valence-corrected chi connectivity index (χ3v) is 4.54. The molecule has 1 heterocycles. The van der Waals surface area contributed by atoms with E-state index >= 15 is 0 Å². The molecule has 1 aliphatic rings. The molecular formula is C18H19F3N2O2. The molecule has 0 saturated heterocycles. The summed E-state index contributed by atoms with van der Waals surface area (Å²) in [6, 6.07) is 4.70. The fourth-order valence-electron chi connectivity index (χ4n) is 3.06. The van der Waals surface area contributed by atoms with E-state index in [1.165, 1.54) is 6.07 Å². The van der Waals surface area contributed by atoms with E-state index in [-0.39, 0.29) is 11.9 Å². The Kier molecular flexibility index (Phi) is 4.34. The number of rotatable bonds is 4. The van der Waals surface area contributed by atoms with Gasteiger partial charge in [0.05, 0.1) is 17.3 Å². The lowest BCUT2D eigenvalue weighted by atomic mass is 10.0. The van der Waals surface area contributed by atoms with Gasteiger partial charge in [-0.15, -0.1) is 0 Å². The van der Waals surface area contributed by atoms with Crippen LogP contribution in [-0.4, -0.2) is 22.0 Å². The van der Waals surface area contributed by atoms with Crippen molar-refractivity contribution in [3.05, 3.63) is 52.4 Å². The second-order valence-corrected chi connectivity index (χ2v) is 6.44. The molecular weight excluding hydrogens is 333 g/mol. The van der Waals surface area contributed by atoms with Gasteiger partial charge in [0.1, 0.15) is 11.3 Å². The number of benzene rings is 1. The maximum Gasteiger partial charge on any atom is 0.416 e. The minimum Gasteiger partial charge on any atom is -0.361 e. The number of carbonyl (C=O) groups is 1. The van der Waals surface area contributed by atoms with Crippen molar-refractivity contribution in [2.75, 3.05) is 0 Å². The molecule has 1 atom stereocenters. The Morgan fingerprint density at radius 3 is 2.52 bits per heavy atom. The Labute approximate surface area is 143 Å². The normalized spacial score (nSPS) is 15.9. The topological polar surface area (TPSA) is 46.3 Å². The summed E-state index contributed by atoms with van der Waals surface area (Å²) >= 11 is 0. The maximum atomic E-state index is 13.0. The van der Waals surface area contributed by atoms with Crippen LogP contribution in [0.3, 0.4) is 0 Å². The Balaban J connectivity index is 1.95. The van der Waals surface area contributed by atoms with Crippen LogP contribution in [0.25, 0.3) is 0 Å². The highest BCUT2D eigenvalue weighted by Crippen LogP contribution is 2.38. The molecule has 1 aromatic heterocycles. The SMILES string of the molecule is Cc1noc(C)c1C(=O)N(C1CC1)[C@@H](C)c1cccc(C(F)(F)F)c1. The molecule has 1 aliphatic carbocycles. The van der Waals surface area contributed by atoms with E-state index < -0.39 is 17.8 Å². The van der Waals surface area contributed by atoms with Gasteiger partial charge < -0.3 is 9.42 Å². The summed E-state index contributed by atoms with van der Waals surface area (Å²) in [7, 11) is 0. The van der Waals surface area contributed by atoms with E-state index in [1.54, 1.807) is 31.7 Å². The second-order valence-electron chi connectivity index (χ2n) is 6.44. The number of hydrogen-bond donors (Lipinski definition) is 0. The minimum atomic E-state index is -4.41. The highest BCUT2D eigenvalue weighted by atomic mass is 19.4. The van der Waals surface area contributed by atoms with Crippen molar-refractivity contribution in [2.24, 2.45) is 0 Å². The van der Waals surface area contributed by atoms with Crippen LogP contribution in [0.2, 0.25) is 0 Å². The largest absolute Gasteiger partial charge is 0.416 e. The monoisotopic (exact) mass is 352 g/mol. The van der Waals surface area contributed by atoms with Crippen molar-refractivity contribution < 1.29 is 22.5 Å². The highest BCUT2D eigenvalue weighted by Gasteiger charge is 2.39. The van der Waals surface area contributed by atoms with Gasteiger partial charge in [-0.2, -0.15) is 13.2 Å². The molecule has 1 aromatic carbocycles. The summed E-state index contributed by atoms with van der Waals surface area (Å²) < 4.78 is 44.0. The summed E-state index contributed by atoms with van der Waals surface area (Å²) in [5.41, 5.74) is 0.634. The number of aryl methyl sites for hydroxylation is 2. The number of aromatic nitrogens is 1. The Hall–Kier alpha value is -2.31. The van der Waals surface area contributed by atoms with E-state index in [2.05, 4.69) is 5.16 Å². The lowest BCUT2D eigenvalue weighted by Crippen LogP contribution is -2.36. The van der Waals surface area contributed by atoms with Crippen LogP contribution in [-0.2, 0) is 6.18 Å². The van der Waals surface area contributed by atoms with Crippen molar-refractivity contribution in [1.29, 1.82) is 0 Å². The van der Waals surface area contributed by atoms with Crippen molar-refractivity contribution >= 4 is 5.91 Å². The van der Waals surface area contributed by atoms with Crippen LogP contribution < -0.4 is 0 Å². The molecule has 1 fully saturated rings. The van der Waals surface area contributed by atoms with Crippen molar-refractivity contribution in [3.8, 4) is 0 Å². The summed E-state index contributed by atoms with van der Waals surface area (Å²) in [6.07, 6.45) is -2.72. The van der Waals surface area contributed by atoms with Crippen LogP contribution in [0, 0.1) is 13.8 Å². The van der Waals surface area contributed by atoms with Gasteiger partial charge in [0.25, 0.3) is 5.91 Å². The van der Waals surface area contributed by atoms with Gasteiger partial charge in [-0.25, -0.2) is 0 Å². The average Bonchev–Trinajstić information content (AvgIpc) is 3.31. The molecule has 3 rings (SSSR count). The minimum absolute atomic E-state index is 0.0331. The zero-order chi connectivity index (χ0) is 18.4. The van der Waals surface area contributed by atoms with E-state index in [1.807, 2.05) is 0 Å². The number of hydrogen-bond acceptors (Lipinski definition) is 3. The number of amides is 1. The van der Waals surface area contributed by atoms with E-state index in [0.29, 0.717) is 22.6 Å². The molecule has 1 saturated carbocycles. The van der Waals surface area contributed by atoms with E-state index in [4.69, 9.17) is 4.52 Å². The van der Waals surface area contributed by atoms with Crippen LogP contribution >= 0.6 is 0 Å². The molecule has 1 amide bonds. The van der Waals surface area contributed by atoms with E-state index in [0.717, 1.165) is 25.0 Å². The quantitative estimate of drug-likeness (QED) is 0.803. The molecule has 0 bridgehead atoms. The van der Waals surface area contributed by atoms with Gasteiger partial charge >= 0.3 is 6.18 Å². The Morgan fingerprint density at radius 1 is 1.32 bits per heavy atom. The van der Waals surface area contributed by atoms with Crippen molar-refractivity contribution in [3.63, 3.8) is 0 Å². The molecule has 0 N–H and O–H groups in total. The summed E-state index contributed by atoms with van der Waals surface area (Å²) in [5.74, 6) is 0.174. The highest BCUT2D eigenvalue weighted by molar-refractivity contribution is 5.96. The first kappa shape index (κ1) is 17.5. The standard InChI is InChI=1S/C18H19F3N2O2/c1-10-16(12(3)25-22-10)17(24)23(15-7-8-15)11(2)13-5-4-6-14(9-13)18(19,20)21/h4-6,9,11,15H,7-8H2,1-3H3/t11-/m0/s1. The lowest BCUT2D eigenvalue weighted by Gasteiger charge is -2.30. The van der Waals surface area contributed by atoms with E-state index in [9.17, 15) is 18.0 Å². The second kappa shape index (κ2) is 6.20. The lowest BCUT2D eigenvalue weighted by molar-refractivity contribution is -0.137. The predicted molar refractivity (Wildman–Crippen MR) is 85.0 cm³/mol. The smallest absolute Gasteiger partial charge is 0.361 e. The van der Waals surface area contributed by atoms with Gasteiger partial charge in [0, 0.05) is 6.04 Å². The van der Waals surface area contributed by atoms with Crippen LogP contribution in [0.1, 0.15) is 58.7 Å². The molecule has 4 nitrogen and oxygen atoms in total. The van der Waals surface area contributed by atoms with Crippen molar-refractivity contribution in [1.82, 2.24) is 10.1 Å². The average molecular weight is 352 g/mol. The van der Waals surface area contributed by atoms with Gasteiger partial charge in [0.2, 0.25) is 0 Å². The van der Waals surface area contributed by atoms with Crippen LogP contribution in [0.15, 0.2) is 28.8 Å². The number of carbonyl (C=O) groups excluding carboxylic acids is 1.